The van der Waals surface area contributed by atoms with Gasteiger partial charge in [0.2, 0.25) is 0 Å². The van der Waals surface area contributed by atoms with Crippen LogP contribution >= 0.6 is 0 Å². The summed E-state index contributed by atoms with van der Waals surface area (Å²) in [5, 5.41) is 10.7. The standard InChI is InChI=1S/C18H14F3NO2/c19-18(20,21)22-16-7-2-1-5-14(16)13-6-3-4-11-8-9-12(17(23)24)10-15(11)13/h1-2,5-10,22H,3-4H2,(H,23,24). The molecule has 0 aromatic heterocycles. The zero-order valence-corrected chi connectivity index (χ0v) is 12.5. The summed E-state index contributed by atoms with van der Waals surface area (Å²) >= 11 is 0. The normalized spacial score (nSPS) is 13.9. The molecule has 1 aliphatic carbocycles. The van der Waals surface area contributed by atoms with Crippen molar-refractivity contribution < 1.29 is 23.1 Å². The Balaban J connectivity index is 2.11. The molecule has 6 heteroatoms. The Morgan fingerprint density at radius 1 is 1.08 bits per heavy atom. The summed E-state index contributed by atoms with van der Waals surface area (Å²) < 4.78 is 38.2. The Labute approximate surface area is 136 Å². The second-order valence-electron chi connectivity index (χ2n) is 5.50. The summed E-state index contributed by atoms with van der Waals surface area (Å²) in [7, 11) is 0. The van der Waals surface area contributed by atoms with Crippen LogP contribution in [0.4, 0.5) is 18.9 Å². The Kier molecular flexibility index (Phi) is 4.05. The van der Waals surface area contributed by atoms with E-state index in [2.05, 4.69) is 0 Å². The summed E-state index contributed by atoms with van der Waals surface area (Å²) in [6.45, 7) is 0. The van der Waals surface area contributed by atoms with Crippen LogP contribution in [-0.4, -0.2) is 17.4 Å². The predicted octanol–water partition coefficient (Wildman–Crippen LogP) is 4.69. The van der Waals surface area contributed by atoms with Crippen LogP contribution in [0.2, 0.25) is 0 Å². The minimum Gasteiger partial charge on any atom is -0.478 e. The molecular weight excluding hydrogens is 319 g/mol. The highest BCUT2D eigenvalue weighted by atomic mass is 19.4. The average Bonchev–Trinajstić information content (AvgIpc) is 2.53. The van der Waals surface area contributed by atoms with E-state index in [1.807, 2.05) is 6.08 Å². The van der Waals surface area contributed by atoms with Crippen LogP contribution < -0.4 is 5.32 Å². The van der Waals surface area contributed by atoms with Gasteiger partial charge in [0.05, 0.1) is 5.56 Å². The van der Waals surface area contributed by atoms with Crippen molar-refractivity contribution in [3.05, 3.63) is 70.8 Å². The van der Waals surface area contributed by atoms with E-state index in [1.54, 1.807) is 23.5 Å². The van der Waals surface area contributed by atoms with Crippen LogP contribution in [0.5, 0.6) is 0 Å². The minimum atomic E-state index is -4.54. The summed E-state index contributed by atoms with van der Waals surface area (Å²) in [5.74, 6) is -1.07. The molecule has 24 heavy (non-hydrogen) atoms. The molecule has 0 spiro atoms. The molecule has 2 aromatic rings. The van der Waals surface area contributed by atoms with Gasteiger partial charge in [-0.1, -0.05) is 30.3 Å². The van der Waals surface area contributed by atoms with Gasteiger partial charge >= 0.3 is 12.3 Å². The van der Waals surface area contributed by atoms with Gasteiger partial charge in [0.15, 0.2) is 0 Å². The SMILES string of the molecule is O=C(O)c1ccc2c(c1)C(c1ccccc1NC(F)(F)F)=CCC2. The molecule has 124 valence electrons. The molecule has 0 heterocycles. The van der Waals surface area contributed by atoms with Crippen molar-refractivity contribution in [2.45, 2.75) is 19.1 Å². The number of benzene rings is 2. The number of rotatable bonds is 3. The van der Waals surface area contributed by atoms with Crippen molar-refractivity contribution in [2.24, 2.45) is 0 Å². The zero-order valence-electron chi connectivity index (χ0n) is 12.5. The van der Waals surface area contributed by atoms with Crippen LogP contribution in [0.15, 0.2) is 48.5 Å². The lowest BCUT2D eigenvalue weighted by atomic mass is 9.85. The fourth-order valence-electron chi connectivity index (χ4n) is 2.89. The highest BCUT2D eigenvalue weighted by Crippen LogP contribution is 2.37. The van der Waals surface area contributed by atoms with Crippen molar-refractivity contribution in [3.8, 4) is 0 Å². The second kappa shape index (κ2) is 6.03. The third-order valence-corrected chi connectivity index (χ3v) is 3.90. The first-order valence-electron chi connectivity index (χ1n) is 7.36. The molecular formula is C18H14F3NO2. The number of carbonyl (C=O) groups is 1. The molecule has 1 aliphatic rings. The smallest absolute Gasteiger partial charge is 0.478 e. The molecule has 0 atom stereocenters. The number of allylic oxidation sites excluding steroid dienone is 1. The van der Waals surface area contributed by atoms with Gasteiger partial charge in [0.1, 0.15) is 0 Å². The van der Waals surface area contributed by atoms with Gasteiger partial charge in [-0.2, -0.15) is 13.2 Å². The van der Waals surface area contributed by atoms with Gasteiger partial charge in [0, 0.05) is 11.3 Å². The highest BCUT2D eigenvalue weighted by Gasteiger charge is 2.29. The van der Waals surface area contributed by atoms with E-state index in [0.29, 0.717) is 23.1 Å². The van der Waals surface area contributed by atoms with Gasteiger partial charge in [-0.3, -0.25) is 5.32 Å². The van der Waals surface area contributed by atoms with Gasteiger partial charge in [-0.25, -0.2) is 4.79 Å². The molecule has 0 saturated carbocycles. The largest absolute Gasteiger partial charge is 0.482 e. The second-order valence-corrected chi connectivity index (χ2v) is 5.50. The number of aromatic carboxylic acids is 1. The maximum absolute atomic E-state index is 12.7. The number of carboxylic acid groups (broad SMARTS) is 1. The fourth-order valence-corrected chi connectivity index (χ4v) is 2.89. The molecule has 3 rings (SSSR count). The van der Waals surface area contributed by atoms with Crippen molar-refractivity contribution in [1.29, 1.82) is 0 Å². The molecule has 0 radical (unpaired) electrons. The number of aryl methyl sites for hydroxylation is 1. The maximum atomic E-state index is 12.7. The number of nitrogens with one attached hydrogen (secondary N) is 1. The number of anilines is 1. The Morgan fingerprint density at radius 3 is 2.54 bits per heavy atom. The van der Waals surface area contributed by atoms with E-state index in [9.17, 15) is 23.1 Å². The lowest BCUT2D eigenvalue weighted by Crippen LogP contribution is -2.21. The zero-order chi connectivity index (χ0) is 17.3. The average molecular weight is 333 g/mol. The Hall–Kier alpha value is -2.76. The number of alkyl halides is 3. The van der Waals surface area contributed by atoms with Gasteiger partial charge < -0.3 is 5.11 Å². The maximum Gasteiger partial charge on any atom is 0.482 e. The topological polar surface area (TPSA) is 49.3 Å². The number of hydrogen-bond donors (Lipinski definition) is 2. The summed E-state index contributed by atoms with van der Waals surface area (Å²) in [4.78, 5) is 11.2. The molecule has 0 aliphatic heterocycles. The van der Waals surface area contributed by atoms with Gasteiger partial charge in [-0.05, 0) is 47.7 Å². The molecule has 2 N–H and O–H groups in total. The lowest BCUT2D eigenvalue weighted by molar-refractivity contribution is -0.0999. The Bertz CT molecular complexity index is 825. The molecule has 0 bridgehead atoms. The third-order valence-electron chi connectivity index (χ3n) is 3.90. The lowest BCUT2D eigenvalue weighted by Gasteiger charge is -2.22. The first kappa shape index (κ1) is 16.1. The molecule has 2 aromatic carbocycles. The van der Waals surface area contributed by atoms with Crippen molar-refractivity contribution >= 4 is 17.2 Å². The molecule has 3 nitrogen and oxygen atoms in total. The number of halogens is 3. The summed E-state index contributed by atoms with van der Waals surface area (Å²) in [6, 6.07) is 10.9. The van der Waals surface area contributed by atoms with Crippen LogP contribution in [0.25, 0.3) is 5.57 Å². The first-order valence-corrected chi connectivity index (χ1v) is 7.36. The first-order chi connectivity index (χ1) is 11.3. The van der Waals surface area contributed by atoms with E-state index in [-0.39, 0.29) is 11.3 Å². The van der Waals surface area contributed by atoms with Crippen LogP contribution in [-0.2, 0) is 6.42 Å². The van der Waals surface area contributed by atoms with Crippen LogP contribution in [0.3, 0.4) is 0 Å². The molecule has 0 amide bonds. The van der Waals surface area contributed by atoms with Crippen LogP contribution in [0, 0.1) is 0 Å². The quantitative estimate of drug-likeness (QED) is 0.801. The monoisotopic (exact) mass is 333 g/mol. The van der Waals surface area contributed by atoms with E-state index in [0.717, 1.165) is 12.0 Å². The summed E-state index contributed by atoms with van der Waals surface area (Å²) in [5.41, 5.74) is 2.68. The minimum absolute atomic E-state index is 0.0511. The molecule has 0 saturated heterocycles. The van der Waals surface area contributed by atoms with Gasteiger partial charge in [-0.15, -0.1) is 0 Å². The van der Waals surface area contributed by atoms with Gasteiger partial charge in [0.25, 0.3) is 0 Å². The third kappa shape index (κ3) is 3.27. The van der Waals surface area contributed by atoms with Crippen molar-refractivity contribution in [1.82, 2.24) is 0 Å². The van der Waals surface area contributed by atoms with E-state index in [4.69, 9.17) is 0 Å². The van der Waals surface area contributed by atoms with Crippen molar-refractivity contribution in [3.63, 3.8) is 0 Å². The number of para-hydroxylation sites is 1. The summed E-state index contributed by atoms with van der Waals surface area (Å²) in [6.07, 6.45) is -1.27. The predicted molar refractivity (Wildman–Crippen MR) is 84.9 cm³/mol. The fraction of sp³-hybridized carbons (Fsp3) is 0.167. The molecule has 0 unspecified atom stereocenters. The Morgan fingerprint density at radius 2 is 1.83 bits per heavy atom. The highest BCUT2D eigenvalue weighted by molar-refractivity contribution is 5.93. The van der Waals surface area contributed by atoms with E-state index in [1.165, 1.54) is 24.3 Å². The van der Waals surface area contributed by atoms with E-state index >= 15 is 0 Å². The van der Waals surface area contributed by atoms with Crippen LogP contribution in [0.1, 0.15) is 33.5 Å². The number of carboxylic acids is 1. The number of hydrogen-bond acceptors (Lipinski definition) is 2. The molecule has 0 fully saturated rings. The number of fused-ring (bicyclic) bond motifs is 1. The van der Waals surface area contributed by atoms with Crippen molar-refractivity contribution in [2.75, 3.05) is 5.32 Å². The van der Waals surface area contributed by atoms with E-state index < -0.39 is 12.3 Å².